The first-order valence-electron chi connectivity index (χ1n) is 6.54. The molecular weight excluding hydrogens is 291 g/mol. The number of nitrogens with two attached hydrogens (primary N) is 1. The first-order valence-corrected chi connectivity index (χ1v) is 6.92. The fourth-order valence-corrected chi connectivity index (χ4v) is 2.22. The molecule has 0 heterocycles. The number of carbonyl (C=O) groups excluding carboxylic acids is 1. The fourth-order valence-electron chi connectivity index (χ4n) is 1.98. The van der Waals surface area contributed by atoms with E-state index >= 15 is 0 Å². The van der Waals surface area contributed by atoms with Crippen LogP contribution in [-0.2, 0) is 6.54 Å². The van der Waals surface area contributed by atoms with Crippen LogP contribution in [0, 0.1) is 5.82 Å². The lowest BCUT2D eigenvalue weighted by atomic mass is 10.1. The molecule has 0 bridgehead atoms. The van der Waals surface area contributed by atoms with Gasteiger partial charge in [0.1, 0.15) is 5.82 Å². The monoisotopic (exact) mass is 306 g/mol. The van der Waals surface area contributed by atoms with Gasteiger partial charge < -0.3 is 11.1 Å². The van der Waals surface area contributed by atoms with E-state index in [1.54, 1.807) is 30.3 Å². The van der Waals surface area contributed by atoms with Gasteiger partial charge in [0.2, 0.25) is 5.91 Å². The molecule has 1 atom stereocenters. The largest absolute Gasteiger partial charge is 0.366 e. The van der Waals surface area contributed by atoms with Gasteiger partial charge in [-0.25, -0.2) is 4.39 Å². The van der Waals surface area contributed by atoms with Gasteiger partial charge in [0.05, 0.1) is 0 Å². The van der Waals surface area contributed by atoms with Crippen molar-refractivity contribution in [1.29, 1.82) is 0 Å². The van der Waals surface area contributed by atoms with Crippen molar-refractivity contribution in [2.24, 2.45) is 5.73 Å². The summed E-state index contributed by atoms with van der Waals surface area (Å²) >= 11 is 6.13. The standard InChI is InChI=1S/C16H16ClFN2O/c1-10(11-4-6-14(18)7-5-11)20-9-13-3-2-12(16(19)21)8-15(13)17/h2-8,10,20H,9H2,1H3,(H2,19,21)/t10-/m0/s1. The Labute approximate surface area is 127 Å². The van der Waals surface area contributed by atoms with Crippen molar-refractivity contribution in [3.05, 3.63) is 70.0 Å². The summed E-state index contributed by atoms with van der Waals surface area (Å²) in [6.07, 6.45) is 0. The zero-order valence-corrected chi connectivity index (χ0v) is 12.3. The van der Waals surface area contributed by atoms with E-state index in [0.717, 1.165) is 11.1 Å². The highest BCUT2D eigenvalue weighted by Gasteiger charge is 2.08. The summed E-state index contributed by atoms with van der Waals surface area (Å²) in [5.41, 5.74) is 7.44. The average molecular weight is 307 g/mol. The van der Waals surface area contributed by atoms with Crippen LogP contribution in [0.5, 0.6) is 0 Å². The van der Waals surface area contributed by atoms with Crippen LogP contribution in [0.3, 0.4) is 0 Å². The highest BCUT2D eigenvalue weighted by atomic mass is 35.5. The van der Waals surface area contributed by atoms with Crippen molar-refractivity contribution in [3.63, 3.8) is 0 Å². The Balaban J connectivity index is 2.02. The number of amides is 1. The summed E-state index contributed by atoms with van der Waals surface area (Å²) in [7, 11) is 0. The first kappa shape index (κ1) is 15.5. The van der Waals surface area contributed by atoms with Gasteiger partial charge in [-0.05, 0) is 42.3 Å². The molecule has 21 heavy (non-hydrogen) atoms. The van der Waals surface area contributed by atoms with Gasteiger partial charge in [0.15, 0.2) is 0 Å². The molecule has 0 aromatic heterocycles. The molecule has 0 radical (unpaired) electrons. The number of rotatable bonds is 5. The van der Waals surface area contributed by atoms with Crippen LogP contribution < -0.4 is 11.1 Å². The maximum absolute atomic E-state index is 12.9. The summed E-state index contributed by atoms with van der Waals surface area (Å²) < 4.78 is 12.9. The Morgan fingerprint density at radius 2 is 1.95 bits per heavy atom. The molecule has 0 aliphatic carbocycles. The summed E-state index contributed by atoms with van der Waals surface area (Å²) in [5, 5.41) is 3.79. The Hall–Kier alpha value is -1.91. The van der Waals surface area contributed by atoms with Gasteiger partial charge in [-0.15, -0.1) is 0 Å². The van der Waals surface area contributed by atoms with Crippen molar-refractivity contribution in [2.75, 3.05) is 0 Å². The quantitative estimate of drug-likeness (QED) is 0.889. The second kappa shape index (κ2) is 6.70. The summed E-state index contributed by atoms with van der Waals surface area (Å²) in [4.78, 5) is 11.1. The molecular formula is C16H16ClFN2O. The van der Waals surface area contributed by atoms with Crippen molar-refractivity contribution >= 4 is 17.5 Å². The van der Waals surface area contributed by atoms with Gasteiger partial charge >= 0.3 is 0 Å². The molecule has 0 aliphatic rings. The molecule has 0 fully saturated rings. The molecule has 5 heteroatoms. The molecule has 2 aromatic rings. The van der Waals surface area contributed by atoms with E-state index in [4.69, 9.17) is 17.3 Å². The van der Waals surface area contributed by atoms with Gasteiger partial charge in [-0.2, -0.15) is 0 Å². The Kier molecular flexibility index (Phi) is 4.94. The van der Waals surface area contributed by atoms with Gasteiger partial charge in [0.25, 0.3) is 0 Å². The normalized spacial score (nSPS) is 12.1. The smallest absolute Gasteiger partial charge is 0.248 e. The Morgan fingerprint density at radius 1 is 1.29 bits per heavy atom. The third-order valence-corrected chi connectivity index (χ3v) is 3.66. The topological polar surface area (TPSA) is 55.1 Å². The molecule has 0 aliphatic heterocycles. The molecule has 2 aromatic carbocycles. The number of benzene rings is 2. The van der Waals surface area contributed by atoms with Crippen molar-refractivity contribution in [1.82, 2.24) is 5.32 Å². The minimum absolute atomic E-state index is 0.0532. The zero-order valence-electron chi connectivity index (χ0n) is 11.6. The van der Waals surface area contributed by atoms with Crippen molar-refractivity contribution in [3.8, 4) is 0 Å². The molecule has 2 rings (SSSR count). The van der Waals surface area contributed by atoms with E-state index in [1.165, 1.54) is 12.1 Å². The second-order valence-electron chi connectivity index (χ2n) is 4.82. The lowest BCUT2D eigenvalue weighted by Crippen LogP contribution is -2.18. The van der Waals surface area contributed by atoms with Gasteiger partial charge in [-0.3, -0.25) is 4.79 Å². The molecule has 0 unspecified atom stereocenters. The molecule has 3 N–H and O–H groups in total. The van der Waals surface area contributed by atoms with Crippen LogP contribution in [0.2, 0.25) is 5.02 Å². The predicted molar refractivity (Wildman–Crippen MR) is 81.6 cm³/mol. The number of primary amides is 1. The van der Waals surface area contributed by atoms with Gasteiger partial charge in [0, 0.05) is 23.2 Å². The third-order valence-electron chi connectivity index (χ3n) is 3.31. The van der Waals surface area contributed by atoms with E-state index in [9.17, 15) is 9.18 Å². The minimum Gasteiger partial charge on any atom is -0.366 e. The summed E-state index contributed by atoms with van der Waals surface area (Å²) in [6, 6.07) is 11.4. The molecule has 3 nitrogen and oxygen atoms in total. The highest BCUT2D eigenvalue weighted by molar-refractivity contribution is 6.31. The minimum atomic E-state index is -0.504. The molecule has 0 saturated heterocycles. The van der Waals surface area contributed by atoms with Gasteiger partial charge in [-0.1, -0.05) is 29.8 Å². The zero-order chi connectivity index (χ0) is 15.4. The van der Waals surface area contributed by atoms with E-state index in [2.05, 4.69) is 5.32 Å². The van der Waals surface area contributed by atoms with Crippen LogP contribution in [0.4, 0.5) is 4.39 Å². The summed E-state index contributed by atoms with van der Waals surface area (Å²) in [6.45, 7) is 2.52. The van der Waals surface area contributed by atoms with Crippen molar-refractivity contribution < 1.29 is 9.18 Å². The number of carbonyl (C=O) groups is 1. The highest BCUT2D eigenvalue weighted by Crippen LogP contribution is 2.19. The lowest BCUT2D eigenvalue weighted by Gasteiger charge is -2.15. The lowest BCUT2D eigenvalue weighted by molar-refractivity contribution is 0.100. The Morgan fingerprint density at radius 3 is 2.52 bits per heavy atom. The number of hydrogen-bond acceptors (Lipinski definition) is 2. The Bertz CT molecular complexity index is 643. The summed E-state index contributed by atoms with van der Waals surface area (Å²) in [5.74, 6) is -0.757. The molecule has 110 valence electrons. The van der Waals surface area contributed by atoms with Crippen LogP contribution in [0.15, 0.2) is 42.5 Å². The van der Waals surface area contributed by atoms with Crippen LogP contribution in [0.25, 0.3) is 0 Å². The van der Waals surface area contributed by atoms with Crippen molar-refractivity contribution in [2.45, 2.75) is 19.5 Å². The number of hydrogen-bond donors (Lipinski definition) is 2. The van der Waals surface area contributed by atoms with E-state index in [0.29, 0.717) is 17.1 Å². The number of nitrogens with one attached hydrogen (secondary N) is 1. The number of halogens is 2. The first-order chi connectivity index (χ1) is 9.97. The SMILES string of the molecule is C[C@H](NCc1ccc(C(N)=O)cc1Cl)c1ccc(F)cc1. The van der Waals surface area contributed by atoms with E-state index in [-0.39, 0.29) is 11.9 Å². The molecule has 0 saturated carbocycles. The van der Waals surface area contributed by atoms with E-state index in [1.807, 2.05) is 6.92 Å². The maximum atomic E-state index is 12.9. The van der Waals surface area contributed by atoms with E-state index < -0.39 is 5.91 Å². The van der Waals surface area contributed by atoms with Crippen LogP contribution >= 0.6 is 11.6 Å². The molecule has 1 amide bonds. The maximum Gasteiger partial charge on any atom is 0.248 e. The fraction of sp³-hybridized carbons (Fsp3) is 0.188. The average Bonchev–Trinajstić information content (AvgIpc) is 2.46. The second-order valence-corrected chi connectivity index (χ2v) is 5.23. The predicted octanol–water partition coefficient (Wildman–Crippen LogP) is 3.43. The molecule has 0 spiro atoms. The third kappa shape index (κ3) is 4.03. The van der Waals surface area contributed by atoms with Crippen LogP contribution in [0.1, 0.15) is 34.5 Å². The van der Waals surface area contributed by atoms with Crippen LogP contribution in [-0.4, -0.2) is 5.91 Å².